The molecule has 0 unspecified atom stereocenters. The topological polar surface area (TPSA) is 52.6 Å². The number of hydrogen-bond acceptors (Lipinski definition) is 2. The Morgan fingerprint density at radius 1 is 1.33 bits per heavy atom. The molecule has 0 radical (unpaired) electrons. The molecule has 1 aromatic rings. The maximum absolute atomic E-state index is 12.1. The minimum Gasteiger partial charge on any atom is -0.508 e. The van der Waals surface area contributed by atoms with Crippen LogP contribution in [-0.4, -0.2) is 28.1 Å². The predicted molar refractivity (Wildman–Crippen MR) is 68.2 cm³/mol. The molecule has 3 rings (SSSR count). The number of phenols is 1. The van der Waals surface area contributed by atoms with E-state index >= 15 is 0 Å². The van der Waals surface area contributed by atoms with Crippen molar-refractivity contribution < 1.29 is 9.90 Å². The van der Waals surface area contributed by atoms with Crippen LogP contribution >= 0.6 is 0 Å². The third-order valence-corrected chi connectivity index (χ3v) is 3.42. The van der Waals surface area contributed by atoms with Crippen LogP contribution in [0.4, 0.5) is 4.79 Å². The van der Waals surface area contributed by atoms with Gasteiger partial charge in [0.1, 0.15) is 5.75 Å². The summed E-state index contributed by atoms with van der Waals surface area (Å²) >= 11 is 0. The van der Waals surface area contributed by atoms with Gasteiger partial charge in [0.25, 0.3) is 0 Å². The Bertz CT molecular complexity index is 453. The number of carbonyl (C=O) groups is 1. The van der Waals surface area contributed by atoms with E-state index in [2.05, 4.69) is 5.32 Å². The maximum atomic E-state index is 12.1. The minimum atomic E-state index is 0.0448. The van der Waals surface area contributed by atoms with Crippen LogP contribution in [0.5, 0.6) is 5.75 Å². The fourth-order valence-corrected chi connectivity index (χ4v) is 2.09. The summed E-state index contributed by atoms with van der Waals surface area (Å²) in [5.74, 6) is 0.255. The highest BCUT2D eigenvalue weighted by molar-refractivity contribution is 5.75. The van der Waals surface area contributed by atoms with Crippen molar-refractivity contribution in [2.75, 3.05) is 0 Å². The summed E-state index contributed by atoms with van der Waals surface area (Å²) in [5.41, 5.74) is 0.979. The number of aromatic hydroxyl groups is 1. The van der Waals surface area contributed by atoms with Crippen molar-refractivity contribution in [2.24, 2.45) is 0 Å². The summed E-state index contributed by atoms with van der Waals surface area (Å²) < 4.78 is 0. The largest absolute Gasteiger partial charge is 0.508 e. The van der Waals surface area contributed by atoms with Crippen LogP contribution < -0.4 is 5.32 Å². The first kappa shape index (κ1) is 11.4. The average molecular weight is 246 g/mol. The second-order valence-electron chi connectivity index (χ2n) is 5.25. The molecule has 2 fully saturated rings. The van der Waals surface area contributed by atoms with E-state index in [0.717, 1.165) is 31.2 Å². The van der Waals surface area contributed by atoms with Crippen LogP contribution in [0.15, 0.2) is 24.3 Å². The van der Waals surface area contributed by atoms with E-state index in [4.69, 9.17) is 0 Å². The molecule has 0 spiro atoms. The summed E-state index contributed by atoms with van der Waals surface area (Å²) in [4.78, 5) is 14.0. The number of benzene rings is 1. The van der Waals surface area contributed by atoms with Crippen molar-refractivity contribution in [3.8, 4) is 5.75 Å². The van der Waals surface area contributed by atoms with Crippen LogP contribution in [0.3, 0.4) is 0 Å². The van der Waals surface area contributed by atoms with Gasteiger partial charge in [0.05, 0.1) is 0 Å². The molecule has 0 aromatic heterocycles. The Labute approximate surface area is 107 Å². The lowest BCUT2D eigenvalue weighted by atomic mass is 10.2. The first-order valence-corrected chi connectivity index (χ1v) is 6.57. The van der Waals surface area contributed by atoms with Crippen molar-refractivity contribution in [1.29, 1.82) is 0 Å². The first-order chi connectivity index (χ1) is 8.72. The van der Waals surface area contributed by atoms with Crippen molar-refractivity contribution in [3.05, 3.63) is 29.8 Å². The molecule has 2 amide bonds. The lowest BCUT2D eigenvalue weighted by Crippen LogP contribution is -2.41. The van der Waals surface area contributed by atoms with Gasteiger partial charge in [-0.05, 0) is 43.4 Å². The van der Waals surface area contributed by atoms with E-state index < -0.39 is 0 Å². The Morgan fingerprint density at radius 3 is 2.72 bits per heavy atom. The molecule has 0 saturated heterocycles. The molecule has 1 aromatic carbocycles. The van der Waals surface area contributed by atoms with Gasteiger partial charge in [0, 0.05) is 18.6 Å². The number of amides is 2. The van der Waals surface area contributed by atoms with Gasteiger partial charge in [-0.2, -0.15) is 0 Å². The highest BCUT2D eigenvalue weighted by Crippen LogP contribution is 2.29. The molecule has 2 N–H and O–H groups in total. The van der Waals surface area contributed by atoms with E-state index in [1.54, 1.807) is 12.1 Å². The van der Waals surface area contributed by atoms with E-state index in [-0.39, 0.29) is 11.8 Å². The van der Waals surface area contributed by atoms with Crippen LogP contribution in [0, 0.1) is 0 Å². The van der Waals surface area contributed by atoms with E-state index in [1.165, 1.54) is 0 Å². The van der Waals surface area contributed by atoms with Crippen molar-refractivity contribution >= 4 is 6.03 Å². The molecule has 4 heteroatoms. The van der Waals surface area contributed by atoms with Gasteiger partial charge >= 0.3 is 6.03 Å². The van der Waals surface area contributed by atoms with Crippen molar-refractivity contribution in [2.45, 2.75) is 44.3 Å². The maximum Gasteiger partial charge on any atom is 0.318 e. The van der Waals surface area contributed by atoms with Gasteiger partial charge in [-0.3, -0.25) is 0 Å². The highest BCUT2D eigenvalue weighted by atomic mass is 16.3. The van der Waals surface area contributed by atoms with E-state index in [1.807, 2.05) is 17.0 Å². The Balaban J connectivity index is 1.67. The second kappa shape index (κ2) is 4.52. The predicted octanol–water partition coefficient (Wildman–Crippen LogP) is 2.23. The monoisotopic (exact) mass is 246 g/mol. The van der Waals surface area contributed by atoms with Crippen LogP contribution in [0.1, 0.15) is 31.2 Å². The molecule has 96 valence electrons. The van der Waals surface area contributed by atoms with Gasteiger partial charge in [0.15, 0.2) is 0 Å². The zero-order valence-electron chi connectivity index (χ0n) is 10.3. The Kier molecular flexibility index (Phi) is 2.86. The number of rotatable bonds is 4. The number of nitrogens with one attached hydrogen (secondary N) is 1. The zero-order chi connectivity index (χ0) is 12.5. The highest BCUT2D eigenvalue weighted by Gasteiger charge is 2.34. The lowest BCUT2D eigenvalue weighted by Gasteiger charge is -2.23. The standard InChI is InChI=1S/C14H18N2O2/c17-13-3-1-2-10(8-13)9-16(12-6-7-12)14(18)15-11-4-5-11/h1-3,8,11-12,17H,4-7,9H2,(H,15,18). The van der Waals surface area contributed by atoms with Crippen LogP contribution in [0.25, 0.3) is 0 Å². The smallest absolute Gasteiger partial charge is 0.318 e. The van der Waals surface area contributed by atoms with Gasteiger partial charge in [-0.15, -0.1) is 0 Å². The molecule has 0 bridgehead atoms. The average Bonchev–Trinajstić information content (AvgIpc) is 3.19. The van der Waals surface area contributed by atoms with Gasteiger partial charge < -0.3 is 15.3 Å². The molecule has 2 aliphatic rings. The second-order valence-corrected chi connectivity index (χ2v) is 5.25. The third kappa shape index (κ3) is 2.75. The summed E-state index contributed by atoms with van der Waals surface area (Å²) in [5, 5.41) is 12.5. The summed E-state index contributed by atoms with van der Waals surface area (Å²) in [7, 11) is 0. The molecule has 18 heavy (non-hydrogen) atoms. The molecule has 4 nitrogen and oxygen atoms in total. The number of carbonyl (C=O) groups excluding carboxylic acids is 1. The third-order valence-electron chi connectivity index (χ3n) is 3.42. The summed E-state index contributed by atoms with van der Waals surface area (Å²) in [6.07, 6.45) is 4.40. The molecule has 0 heterocycles. The fraction of sp³-hybridized carbons (Fsp3) is 0.500. The lowest BCUT2D eigenvalue weighted by molar-refractivity contribution is 0.191. The molecule has 2 saturated carbocycles. The Hall–Kier alpha value is -1.71. The quantitative estimate of drug-likeness (QED) is 0.856. The molecule has 0 atom stereocenters. The normalized spacial score (nSPS) is 18.4. The fourth-order valence-electron chi connectivity index (χ4n) is 2.09. The number of phenolic OH excluding ortho intramolecular Hbond substituents is 1. The Morgan fingerprint density at radius 2 is 2.11 bits per heavy atom. The van der Waals surface area contributed by atoms with Crippen molar-refractivity contribution in [3.63, 3.8) is 0 Å². The number of hydrogen-bond donors (Lipinski definition) is 2. The van der Waals surface area contributed by atoms with Gasteiger partial charge in [0.2, 0.25) is 0 Å². The molecule has 0 aliphatic heterocycles. The molecular weight excluding hydrogens is 228 g/mol. The number of urea groups is 1. The first-order valence-electron chi connectivity index (χ1n) is 6.57. The molecule has 2 aliphatic carbocycles. The summed E-state index contributed by atoms with van der Waals surface area (Å²) in [6, 6.07) is 7.95. The zero-order valence-corrected chi connectivity index (χ0v) is 10.3. The van der Waals surface area contributed by atoms with E-state index in [9.17, 15) is 9.90 Å². The molecular formula is C14H18N2O2. The van der Waals surface area contributed by atoms with Gasteiger partial charge in [-0.25, -0.2) is 4.79 Å². The number of nitrogens with zero attached hydrogens (tertiary/aromatic N) is 1. The van der Waals surface area contributed by atoms with Crippen LogP contribution in [0.2, 0.25) is 0 Å². The van der Waals surface area contributed by atoms with E-state index in [0.29, 0.717) is 18.6 Å². The SMILES string of the molecule is O=C(NC1CC1)N(Cc1cccc(O)c1)C1CC1. The van der Waals surface area contributed by atoms with Crippen LogP contribution in [-0.2, 0) is 6.54 Å². The summed E-state index contributed by atoms with van der Waals surface area (Å²) in [6.45, 7) is 0.581. The van der Waals surface area contributed by atoms with Gasteiger partial charge in [-0.1, -0.05) is 12.1 Å². The minimum absolute atomic E-state index is 0.0448. The van der Waals surface area contributed by atoms with Crippen molar-refractivity contribution in [1.82, 2.24) is 10.2 Å².